The predicted molar refractivity (Wildman–Crippen MR) is 138 cm³/mol. The number of imidazole rings is 1. The molecule has 35 heavy (non-hydrogen) atoms. The molecule has 2 aliphatic heterocycles. The van der Waals surface area contributed by atoms with Gasteiger partial charge in [0.2, 0.25) is 0 Å². The van der Waals surface area contributed by atoms with E-state index in [1.807, 2.05) is 30.7 Å². The SMILES string of the molecule is C1=C/C(CN2CCCCC2)=C\C(c2cn[nH]c2-c2nc3c(-c4cccnc4)cncc3[nH]2)=C/NC/1. The predicted octanol–water partition coefficient (Wildman–Crippen LogP) is 4.32. The number of allylic oxidation sites excluding steroid dienone is 2. The number of fused-ring (bicyclic) bond motifs is 1. The first-order valence-corrected chi connectivity index (χ1v) is 12.2. The summed E-state index contributed by atoms with van der Waals surface area (Å²) in [5, 5.41) is 10.9. The summed E-state index contributed by atoms with van der Waals surface area (Å²) in [7, 11) is 0. The number of rotatable bonds is 5. The van der Waals surface area contributed by atoms with Gasteiger partial charge in [-0.2, -0.15) is 5.10 Å². The highest BCUT2D eigenvalue weighted by Crippen LogP contribution is 2.31. The first kappa shape index (κ1) is 21.5. The first-order valence-electron chi connectivity index (χ1n) is 12.2. The van der Waals surface area contributed by atoms with Crippen molar-refractivity contribution in [3.05, 3.63) is 78.7 Å². The van der Waals surface area contributed by atoms with Crippen LogP contribution in [0.25, 0.3) is 39.3 Å². The van der Waals surface area contributed by atoms with Crippen LogP contribution in [0.5, 0.6) is 0 Å². The van der Waals surface area contributed by atoms with Gasteiger partial charge in [-0.3, -0.25) is 20.0 Å². The standard InChI is InChI=1S/C27H28N8/c1-2-10-35(11-3-1)18-19-6-4-8-29-14-21(12-19)23-16-31-34-26(23)27-32-24-17-30-15-22(25(24)33-27)20-7-5-9-28-13-20/h4-7,9,12-17,29H,1-3,8,10-11,18H2,(H,31,34)(H,32,33)/b6-4+,19-12+,21-14+. The smallest absolute Gasteiger partial charge is 0.157 e. The van der Waals surface area contributed by atoms with Crippen LogP contribution in [0.4, 0.5) is 0 Å². The van der Waals surface area contributed by atoms with E-state index < -0.39 is 0 Å². The highest BCUT2D eigenvalue weighted by molar-refractivity contribution is 5.93. The summed E-state index contributed by atoms with van der Waals surface area (Å²) in [6.07, 6.45) is 21.8. The average Bonchev–Trinajstić information content (AvgIpc) is 3.54. The zero-order valence-electron chi connectivity index (χ0n) is 19.5. The van der Waals surface area contributed by atoms with Crippen molar-refractivity contribution < 1.29 is 0 Å². The second-order valence-corrected chi connectivity index (χ2v) is 9.04. The van der Waals surface area contributed by atoms with E-state index >= 15 is 0 Å². The Morgan fingerprint density at radius 3 is 2.80 bits per heavy atom. The van der Waals surface area contributed by atoms with Crippen molar-refractivity contribution in [2.24, 2.45) is 0 Å². The molecule has 4 aromatic rings. The summed E-state index contributed by atoms with van der Waals surface area (Å²) in [5.74, 6) is 0.732. The molecule has 1 saturated heterocycles. The van der Waals surface area contributed by atoms with E-state index in [1.165, 1.54) is 37.9 Å². The maximum Gasteiger partial charge on any atom is 0.157 e. The lowest BCUT2D eigenvalue weighted by molar-refractivity contribution is 0.248. The third-order valence-corrected chi connectivity index (χ3v) is 6.57. The van der Waals surface area contributed by atoms with Crippen molar-refractivity contribution in [1.82, 2.24) is 40.3 Å². The summed E-state index contributed by atoms with van der Waals surface area (Å²) in [4.78, 5) is 19.6. The van der Waals surface area contributed by atoms with Crippen LogP contribution in [0.2, 0.25) is 0 Å². The number of hydrogen-bond donors (Lipinski definition) is 3. The zero-order valence-corrected chi connectivity index (χ0v) is 19.5. The lowest BCUT2D eigenvalue weighted by Crippen LogP contribution is -2.31. The second kappa shape index (κ2) is 9.68. The van der Waals surface area contributed by atoms with Crippen LogP contribution in [0.15, 0.2) is 73.1 Å². The number of H-pyrrole nitrogens is 2. The zero-order chi connectivity index (χ0) is 23.5. The van der Waals surface area contributed by atoms with Gasteiger partial charge in [-0.15, -0.1) is 0 Å². The third-order valence-electron chi connectivity index (χ3n) is 6.57. The van der Waals surface area contributed by atoms with Gasteiger partial charge in [-0.25, -0.2) is 4.98 Å². The average molecular weight is 465 g/mol. The number of pyridine rings is 2. The van der Waals surface area contributed by atoms with Gasteiger partial charge in [0, 0.05) is 60.1 Å². The van der Waals surface area contributed by atoms with Gasteiger partial charge in [0.15, 0.2) is 5.82 Å². The van der Waals surface area contributed by atoms with Gasteiger partial charge in [-0.1, -0.05) is 24.6 Å². The molecule has 0 radical (unpaired) electrons. The van der Waals surface area contributed by atoms with E-state index in [-0.39, 0.29) is 0 Å². The Bertz CT molecular complexity index is 1400. The van der Waals surface area contributed by atoms with Crippen LogP contribution >= 0.6 is 0 Å². The highest BCUT2D eigenvalue weighted by Gasteiger charge is 2.18. The van der Waals surface area contributed by atoms with E-state index in [4.69, 9.17) is 4.98 Å². The number of piperidine rings is 1. The van der Waals surface area contributed by atoms with Crippen molar-refractivity contribution in [1.29, 1.82) is 0 Å². The van der Waals surface area contributed by atoms with Crippen molar-refractivity contribution in [3.63, 3.8) is 0 Å². The van der Waals surface area contributed by atoms with Gasteiger partial charge < -0.3 is 10.3 Å². The van der Waals surface area contributed by atoms with Crippen molar-refractivity contribution >= 4 is 16.6 Å². The van der Waals surface area contributed by atoms with Crippen LogP contribution in [0, 0.1) is 0 Å². The molecule has 0 aromatic carbocycles. The molecule has 8 heteroatoms. The van der Waals surface area contributed by atoms with Gasteiger partial charge in [0.25, 0.3) is 0 Å². The first-order chi connectivity index (χ1) is 17.3. The van der Waals surface area contributed by atoms with Crippen LogP contribution in [0.1, 0.15) is 24.8 Å². The second-order valence-electron chi connectivity index (χ2n) is 9.04. The molecule has 0 aliphatic carbocycles. The quantitative estimate of drug-likeness (QED) is 0.407. The summed E-state index contributed by atoms with van der Waals surface area (Å²) in [5.41, 5.74) is 7.89. The number of nitrogens with zero attached hydrogens (tertiary/aromatic N) is 5. The molecule has 8 nitrogen and oxygen atoms in total. The van der Waals surface area contributed by atoms with Crippen LogP contribution in [-0.2, 0) is 0 Å². The molecule has 0 bridgehead atoms. The number of hydrogen-bond acceptors (Lipinski definition) is 6. The third kappa shape index (κ3) is 4.52. The van der Waals surface area contributed by atoms with Gasteiger partial charge in [-0.05, 0) is 43.6 Å². The number of aromatic nitrogens is 6. The molecule has 3 N–H and O–H groups in total. The molecule has 2 aliphatic rings. The molecule has 6 rings (SSSR count). The molecule has 1 fully saturated rings. The van der Waals surface area contributed by atoms with Crippen LogP contribution in [0.3, 0.4) is 0 Å². The Balaban J connectivity index is 1.36. The van der Waals surface area contributed by atoms with E-state index in [0.717, 1.165) is 57.9 Å². The van der Waals surface area contributed by atoms with E-state index in [0.29, 0.717) is 0 Å². The largest absolute Gasteiger partial charge is 0.387 e. The van der Waals surface area contributed by atoms with E-state index in [1.54, 1.807) is 12.4 Å². The molecule has 0 saturated carbocycles. The fraction of sp³-hybridized carbons (Fsp3) is 0.259. The normalized spacial score (nSPS) is 20.8. The topological polar surface area (TPSA) is 98.4 Å². The van der Waals surface area contributed by atoms with Crippen molar-refractivity contribution in [2.75, 3.05) is 26.2 Å². The Labute approximate surface area is 203 Å². The molecule has 4 aromatic heterocycles. The molecular weight excluding hydrogens is 436 g/mol. The molecule has 0 atom stereocenters. The lowest BCUT2D eigenvalue weighted by Gasteiger charge is -2.27. The summed E-state index contributed by atoms with van der Waals surface area (Å²) < 4.78 is 0. The fourth-order valence-electron chi connectivity index (χ4n) is 4.84. The molecule has 176 valence electrons. The molecule has 6 heterocycles. The van der Waals surface area contributed by atoms with Gasteiger partial charge in [0.05, 0.1) is 17.9 Å². The lowest BCUT2D eigenvalue weighted by atomic mass is 10.0. The molecular formula is C27H28N8. The number of nitrogens with one attached hydrogen (secondary N) is 3. The number of likely N-dealkylation sites (tertiary alicyclic amines) is 1. The Hall–Kier alpha value is -4.04. The van der Waals surface area contributed by atoms with Crippen LogP contribution in [-0.4, -0.2) is 61.2 Å². The minimum atomic E-state index is 0.732. The summed E-state index contributed by atoms with van der Waals surface area (Å²) >= 11 is 0. The van der Waals surface area contributed by atoms with Crippen molar-refractivity contribution in [2.45, 2.75) is 19.3 Å². The maximum absolute atomic E-state index is 4.96. The van der Waals surface area contributed by atoms with Crippen LogP contribution < -0.4 is 5.32 Å². The highest BCUT2D eigenvalue weighted by atomic mass is 15.1. The minimum absolute atomic E-state index is 0.732. The molecule has 0 amide bonds. The van der Waals surface area contributed by atoms with Gasteiger partial charge >= 0.3 is 0 Å². The summed E-state index contributed by atoms with van der Waals surface area (Å²) in [6, 6.07) is 3.94. The fourth-order valence-corrected chi connectivity index (χ4v) is 4.84. The summed E-state index contributed by atoms with van der Waals surface area (Å²) in [6.45, 7) is 4.10. The van der Waals surface area contributed by atoms with E-state index in [2.05, 4.69) is 59.8 Å². The van der Waals surface area contributed by atoms with Gasteiger partial charge in [0.1, 0.15) is 11.2 Å². The van der Waals surface area contributed by atoms with Crippen molar-refractivity contribution in [3.8, 4) is 22.6 Å². The minimum Gasteiger partial charge on any atom is -0.387 e. The Kier molecular flexibility index (Phi) is 5.94. The number of aromatic amines is 2. The maximum atomic E-state index is 4.96. The monoisotopic (exact) mass is 464 g/mol. The Morgan fingerprint density at radius 2 is 1.91 bits per heavy atom. The molecule has 0 spiro atoms. The molecule has 0 unspecified atom stereocenters. The van der Waals surface area contributed by atoms with E-state index in [9.17, 15) is 0 Å². The Morgan fingerprint density at radius 1 is 0.971 bits per heavy atom.